The van der Waals surface area contributed by atoms with Gasteiger partial charge in [-0.3, -0.25) is 13.8 Å². The van der Waals surface area contributed by atoms with Crippen molar-refractivity contribution in [3.05, 3.63) is 0 Å². The van der Waals surface area contributed by atoms with E-state index in [-0.39, 0.29) is 25.6 Å². The topological polar surface area (TPSA) is 132 Å². The molecule has 3 unspecified atom stereocenters. The van der Waals surface area contributed by atoms with Crippen LogP contribution in [0.25, 0.3) is 0 Å². The molecule has 0 aliphatic heterocycles. The molecule has 276 valence electrons. The van der Waals surface area contributed by atoms with E-state index in [1.807, 2.05) is 0 Å². The number of hydrogen-bond acceptors (Lipinski definition) is 8. The highest BCUT2D eigenvalue weighted by atomic mass is 31.2. The molecular formula is C36H73O9P. The van der Waals surface area contributed by atoms with Gasteiger partial charge in [0.2, 0.25) is 0 Å². The first-order valence-electron chi connectivity index (χ1n) is 19.0. The number of rotatable bonds is 37. The van der Waals surface area contributed by atoms with Gasteiger partial charge >= 0.3 is 13.8 Å². The Morgan fingerprint density at radius 3 is 1.41 bits per heavy atom. The zero-order valence-electron chi connectivity index (χ0n) is 29.8. The van der Waals surface area contributed by atoms with Crippen LogP contribution < -0.4 is 0 Å². The van der Waals surface area contributed by atoms with Crippen LogP contribution in [-0.4, -0.2) is 66.3 Å². The Morgan fingerprint density at radius 1 is 0.587 bits per heavy atom. The third kappa shape index (κ3) is 33.4. The van der Waals surface area contributed by atoms with Crippen LogP contribution in [0.2, 0.25) is 0 Å². The van der Waals surface area contributed by atoms with Gasteiger partial charge in [0.25, 0.3) is 0 Å². The van der Waals surface area contributed by atoms with Crippen LogP contribution >= 0.6 is 7.82 Å². The first-order valence-corrected chi connectivity index (χ1v) is 20.5. The smallest absolute Gasteiger partial charge is 0.457 e. The average molecular weight is 681 g/mol. The Labute approximate surface area is 282 Å². The molecule has 0 aliphatic rings. The summed E-state index contributed by atoms with van der Waals surface area (Å²) in [5.41, 5.74) is 0. The molecule has 0 spiro atoms. The SMILES string of the molecule is CCCCCCCCCCCCCCCCCCCCOCC(COP(=O)(O)OCC(O)CO)OC(=O)CCCCCCCCC. The second kappa shape index (κ2) is 34.3. The van der Waals surface area contributed by atoms with Gasteiger partial charge in [0.1, 0.15) is 12.2 Å². The minimum absolute atomic E-state index is 0.0565. The lowest BCUT2D eigenvalue weighted by Crippen LogP contribution is -2.29. The van der Waals surface area contributed by atoms with Crippen LogP contribution in [0.15, 0.2) is 0 Å². The van der Waals surface area contributed by atoms with Crippen molar-refractivity contribution in [2.45, 2.75) is 193 Å². The first kappa shape index (κ1) is 45.5. The molecule has 0 heterocycles. The van der Waals surface area contributed by atoms with Crippen molar-refractivity contribution < 1.29 is 43.0 Å². The summed E-state index contributed by atoms with van der Waals surface area (Å²) in [7, 11) is -4.49. The van der Waals surface area contributed by atoms with Crippen molar-refractivity contribution in [1.29, 1.82) is 0 Å². The second-order valence-electron chi connectivity index (χ2n) is 13.0. The standard InChI is InChI=1S/C36H73O9P/c1-3-5-7-9-11-12-13-14-15-16-17-18-19-20-21-23-25-27-29-42-32-35(33-44-46(40,41)43-31-34(38)30-37)45-36(39)28-26-24-22-10-8-6-4-2/h34-35,37-38H,3-33H2,1-2H3,(H,40,41). The summed E-state index contributed by atoms with van der Waals surface area (Å²) in [6, 6.07) is 0. The van der Waals surface area contributed by atoms with E-state index in [0.717, 1.165) is 32.1 Å². The number of esters is 1. The molecule has 0 bridgehead atoms. The second-order valence-corrected chi connectivity index (χ2v) is 14.4. The maximum Gasteiger partial charge on any atom is 0.472 e. The molecule has 0 amide bonds. The Hall–Kier alpha value is -0.540. The zero-order valence-corrected chi connectivity index (χ0v) is 30.7. The van der Waals surface area contributed by atoms with Gasteiger partial charge in [-0.1, -0.05) is 162 Å². The number of unbranched alkanes of at least 4 members (excludes halogenated alkanes) is 23. The number of phosphoric acid groups is 1. The van der Waals surface area contributed by atoms with E-state index in [0.29, 0.717) is 6.61 Å². The van der Waals surface area contributed by atoms with E-state index in [9.17, 15) is 19.4 Å². The fourth-order valence-electron chi connectivity index (χ4n) is 5.36. The van der Waals surface area contributed by atoms with Crippen LogP contribution in [0, 0.1) is 0 Å². The minimum Gasteiger partial charge on any atom is -0.457 e. The number of carbonyl (C=O) groups is 1. The third-order valence-electron chi connectivity index (χ3n) is 8.29. The lowest BCUT2D eigenvalue weighted by Gasteiger charge is -2.20. The summed E-state index contributed by atoms with van der Waals surface area (Å²) in [6.45, 7) is 3.50. The Bertz CT molecular complexity index is 694. The molecule has 0 aliphatic carbocycles. The molecule has 0 saturated carbocycles. The van der Waals surface area contributed by atoms with Gasteiger partial charge in [-0.2, -0.15) is 0 Å². The summed E-state index contributed by atoms with van der Waals surface area (Å²) in [6.07, 6.45) is 29.4. The highest BCUT2D eigenvalue weighted by Gasteiger charge is 2.26. The molecule has 0 aromatic heterocycles. The maximum absolute atomic E-state index is 12.4. The summed E-state index contributed by atoms with van der Waals surface area (Å²) < 4.78 is 33.1. The zero-order chi connectivity index (χ0) is 34.0. The minimum atomic E-state index is -4.49. The van der Waals surface area contributed by atoms with Gasteiger partial charge < -0.3 is 24.6 Å². The molecule has 10 heteroatoms. The third-order valence-corrected chi connectivity index (χ3v) is 9.24. The van der Waals surface area contributed by atoms with E-state index < -0.39 is 33.2 Å². The predicted molar refractivity (Wildman–Crippen MR) is 187 cm³/mol. The summed E-state index contributed by atoms with van der Waals surface area (Å²) >= 11 is 0. The van der Waals surface area contributed by atoms with Gasteiger partial charge in [0, 0.05) is 13.0 Å². The van der Waals surface area contributed by atoms with E-state index in [2.05, 4.69) is 13.8 Å². The molecule has 9 nitrogen and oxygen atoms in total. The maximum atomic E-state index is 12.4. The lowest BCUT2D eigenvalue weighted by molar-refractivity contribution is -0.154. The van der Waals surface area contributed by atoms with Gasteiger partial charge in [-0.15, -0.1) is 0 Å². The van der Waals surface area contributed by atoms with Crippen LogP contribution in [-0.2, 0) is 27.9 Å². The molecule has 0 radical (unpaired) electrons. The average Bonchev–Trinajstić information content (AvgIpc) is 3.04. The number of hydrogen-bond donors (Lipinski definition) is 3. The lowest BCUT2D eigenvalue weighted by atomic mass is 10.0. The normalized spacial score (nSPS) is 14.3. The Morgan fingerprint density at radius 2 is 0.978 bits per heavy atom. The van der Waals surface area contributed by atoms with Gasteiger partial charge in [0.05, 0.1) is 26.4 Å². The van der Waals surface area contributed by atoms with Crippen LogP contribution in [0.4, 0.5) is 0 Å². The molecule has 0 saturated heterocycles. The van der Waals surface area contributed by atoms with E-state index in [1.165, 1.54) is 128 Å². The van der Waals surface area contributed by atoms with Crippen LogP contribution in [0.3, 0.4) is 0 Å². The highest BCUT2D eigenvalue weighted by Crippen LogP contribution is 2.43. The molecule has 3 atom stereocenters. The van der Waals surface area contributed by atoms with Crippen molar-refractivity contribution in [2.75, 3.05) is 33.0 Å². The van der Waals surface area contributed by atoms with Crippen molar-refractivity contribution in [1.82, 2.24) is 0 Å². The predicted octanol–water partition coefficient (Wildman–Crippen LogP) is 9.58. The fourth-order valence-corrected chi connectivity index (χ4v) is 6.15. The van der Waals surface area contributed by atoms with E-state index in [1.54, 1.807) is 0 Å². The number of phosphoric ester groups is 1. The number of carbonyl (C=O) groups excluding carboxylic acids is 1. The van der Waals surface area contributed by atoms with Crippen molar-refractivity contribution in [3.63, 3.8) is 0 Å². The molecular weight excluding hydrogens is 607 g/mol. The quantitative estimate of drug-likeness (QED) is 0.0333. The number of aliphatic hydroxyl groups excluding tert-OH is 2. The number of aliphatic hydroxyl groups is 2. The fraction of sp³-hybridized carbons (Fsp3) is 0.972. The Kier molecular flexibility index (Phi) is 33.9. The summed E-state index contributed by atoms with van der Waals surface area (Å²) in [4.78, 5) is 22.3. The summed E-state index contributed by atoms with van der Waals surface area (Å²) in [5.74, 6) is -0.386. The molecule has 0 aromatic carbocycles. The monoisotopic (exact) mass is 680 g/mol. The molecule has 0 fully saturated rings. The largest absolute Gasteiger partial charge is 0.472 e. The van der Waals surface area contributed by atoms with E-state index in [4.69, 9.17) is 23.6 Å². The van der Waals surface area contributed by atoms with Gasteiger partial charge in [-0.05, 0) is 12.8 Å². The van der Waals surface area contributed by atoms with Crippen LogP contribution in [0.1, 0.15) is 181 Å². The first-order chi connectivity index (χ1) is 22.3. The van der Waals surface area contributed by atoms with Crippen molar-refractivity contribution in [2.24, 2.45) is 0 Å². The molecule has 0 aromatic rings. The van der Waals surface area contributed by atoms with Crippen LogP contribution in [0.5, 0.6) is 0 Å². The number of ether oxygens (including phenoxy) is 2. The van der Waals surface area contributed by atoms with Crippen molar-refractivity contribution >= 4 is 13.8 Å². The molecule has 3 N–H and O–H groups in total. The molecule has 46 heavy (non-hydrogen) atoms. The highest BCUT2D eigenvalue weighted by molar-refractivity contribution is 7.47. The van der Waals surface area contributed by atoms with Gasteiger partial charge in [-0.25, -0.2) is 4.57 Å². The Balaban J connectivity index is 4.04. The summed E-state index contributed by atoms with van der Waals surface area (Å²) in [5, 5.41) is 18.2. The van der Waals surface area contributed by atoms with Gasteiger partial charge in [0.15, 0.2) is 0 Å². The van der Waals surface area contributed by atoms with Crippen molar-refractivity contribution in [3.8, 4) is 0 Å². The van der Waals surface area contributed by atoms with E-state index >= 15 is 0 Å². The molecule has 0 rings (SSSR count).